The maximum absolute atomic E-state index is 4.52. The number of aromatic amines is 1. The van der Waals surface area contributed by atoms with Crippen LogP contribution >= 0.6 is 11.3 Å². The summed E-state index contributed by atoms with van der Waals surface area (Å²) in [6.45, 7) is 4.04. The fraction of sp³-hybridized carbons (Fsp3) is 0.600. The Morgan fingerprint density at radius 1 is 1.35 bits per heavy atom. The molecule has 0 saturated heterocycles. The fourth-order valence-electron chi connectivity index (χ4n) is 2.84. The Morgan fingerprint density at radius 3 is 3.00 bits per heavy atom. The van der Waals surface area contributed by atoms with E-state index in [4.69, 9.17) is 0 Å². The van der Waals surface area contributed by atoms with Crippen LogP contribution in [0.15, 0.2) is 5.38 Å². The molecule has 2 heterocycles. The summed E-state index contributed by atoms with van der Waals surface area (Å²) < 4.78 is 0. The third kappa shape index (κ3) is 3.10. The molecule has 108 valence electrons. The van der Waals surface area contributed by atoms with E-state index >= 15 is 0 Å². The Balaban J connectivity index is 1.56. The van der Waals surface area contributed by atoms with Gasteiger partial charge < -0.3 is 4.90 Å². The predicted octanol–water partition coefficient (Wildman–Crippen LogP) is 2.73. The molecule has 0 aromatic carbocycles. The summed E-state index contributed by atoms with van der Waals surface area (Å²) in [4.78, 5) is 6.87. The smallest absolute Gasteiger partial charge is 0.0897 e. The van der Waals surface area contributed by atoms with Crippen LogP contribution in [0.3, 0.4) is 0 Å². The first-order valence-electron chi connectivity index (χ1n) is 7.37. The molecule has 20 heavy (non-hydrogen) atoms. The van der Waals surface area contributed by atoms with Crippen molar-refractivity contribution in [2.75, 3.05) is 13.6 Å². The van der Waals surface area contributed by atoms with E-state index in [0.717, 1.165) is 24.5 Å². The van der Waals surface area contributed by atoms with Gasteiger partial charge >= 0.3 is 0 Å². The van der Waals surface area contributed by atoms with Crippen molar-refractivity contribution in [2.45, 2.75) is 45.6 Å². The largest absolute Gasteiger partial charge is 0.300 e. The van der Waals surface area contributed by atoms with Gasteiger partial charge in [0.05, 0.1) is 16.4 Å². The Labute approximate surface area is 124 Å². The van der Waals surface area contributed by atoms with Crippen LogP contribution < -0.4 is 0 Å². The highest BCUT2D eigenvalue weighted by Crippen LogP contribution is 2.22. The topological polar surface area (TPSA) is 44.8 Å². The van der Waals surface area contributed by atoms with Crippen molar-refractivity contribution in [1.82, 2.24) is 20.1 Å². The normalized spacial score (nSPS) is 14.8. The predicted molar refractivity (Wildman–Crippen MR) is 82.1 cm³/mol. The quantitative estimate of drug-likeness (QED) is 0.921. The van der Waals surface area contributed by atoms with Crippen LogP contribution in [0.2, 0.25) is 0 Å². The lowest BCUT2D eigenvalue weighted by Gasteiger charge is -2.17. The number of rotatable bonds is 5. The van der Waals surface area contributed by atoms with Gasteiger partial charge in [-0.1, -0.05) is 0 Å². The maximum atomic E-state index is 4.52. The van der Waals surface area contributed by atoms with E-state index in [1.54, 1.807) is 11.3 Å². The van der Waals surface area contributed by atoms with Crippen LogP contribution in [0.1, 0.15) is 40.5 Å². The molecule has 0 aliphatic heterocycles. The molecule has 1 aliphatic rings. The molecule has 0 radical (unpaired) electrons. The summed E-state index contributed by atoms with van der Waals surface area (Å²) >= 11 is 1.73. The number of likely N-dealkylation sites (N-methyl/N-ethyl adjacent to an activating group) is 1. The van der Waals surface area contributed by atoms with E-state index in [9.17, 15) is 0 Å². The van der Waals surface area contributed by atoms with Gasteiger partial charge in [-0.05, 0) is 45.2 Å². The zero-order chi connectivity index (χ0) is 13.9. The average Bonchev–Trinajstić information content (AvgIpc) is 3.04. The van der Waals surface area contributed by atoms with E-state index in [1.165, 1.54) is 48.3 Å². The van der Waals surface area contributed by atoms with E-state index in [0.29, 0.717) is 0 Å². The Bertz CT molecular complexity index is 572. The van der Waals surface area contributed by atoms with Crippen molar-refractivity contribution in [3.8, 4) is 0 Å². The second-order valence-electron chi connectivity index (χ2n) is 5.68. The number of aryl methyl sites for hydroxylation is 2. The molecule has 2 aromatic rings. The van der Waals surface area contributed by atoms with Gasteiger partial charge in [-0.25, -0.2) is 4.98 Å². The van der Waals surface area contributed by atoms with E-state index in [-0.39, 0.29) is 0 Å². The third-order valence-electron chi connectivity index (χ3n) is 3.98. The molecule has 4 nitrogen and oxygen atoms in total. The molecular weight excluding hydrogens is 268 g/mol. The van der Waals surface area contributed by atoms with Crippen molar-refractivity contribution in [3.63, 3.8) is 0 Å². The second kappa shape index (κ2) is 6.06. The van der Waals surface area contributed by atoms with Crippen molar-refractivity contribution in [1.29, 1.82) is 0 Å². The molecule has 0 saturated carbocycles. The van der Waals surface area contributed by atoms with Crippen LogP contribution in [0, 0.1) is 6.92 Å². The highest BCUT2D eigenvalue weighted by atomic mass is 32.1. The van der Waals surface area contributed by atoms with Crippen LogP contribution in [-0.2, 0) is 25.8 Å². The van der Waals surface area contributed by atoms with Gasteiger partial charge in [0.1, 0.15) is 0 Å². The molecule has 2 aromatic heterocycles. The van der Waals surface area contributed by atoms with E-state index < -0.39 is 0 Å². The lowest BCUT2D eigenvalue weighted by molar-refractivity contribution is 0.324. The number of hydrogen-bond acceptors (Lipinski definition) is 4. The monoisotopic (exact) mass is 290 g/mol. The average molecular weight is 290 g/mol. The van der Waals surface area contributed by atoms with Crippen LogP contribution in [0.4, 0.5) is 0 Å². The van der Waals surface area contributed by atoms with Crippen molar-refractivity contribution >= 4 is 11.3 Å². The molecule has 0 fully saturated rings. The molecular formula is C15H22N4S. The molecule has 0 unspecified atom stereocenters. The number of fused-ring (bicyclic) bond motifs is 1. The first-order valence-corrected chi connectivity index (χ1v) is 8.25. The highest BCUT2D eigenvalue weighted by molar-refractivity contribution is 7.09. The summed E-state index contributed by atoms with van der Waals surface area (Å²) in [6, 6.07) is 0. The van der Waals surface area contributed by atoms with Gasteiger partial charge in [0.2, 0.25) is 0 Å². The lowest BCUT2D eigenvalue weighted by Crippen LogP contribution is -2.22. The van der Waals surface area contributed by atoms with Gasteiger partial charge in [0, 0.05) is 30.6 Å². The van der Waals surface area contributed by atoms with E-state index in [2.05, 4.69) is 39.4 Å². The molecule has 0 atom stereocenters. The Hall–Kier alpha value is -1.20. The van der Waals surface area contributed by atoms with Gasteiger partial charge in [-0.2, -0.15) is 5.10 Å². The molecule has 3 rings (SSSR count). The number of H-pyrrole nitrogens is 1. The van der Waals surface area contributed by atoms with Crippen LogP contribution in [0.5, 0.6) is 0 Å². The molecule has 1 aliphatic carbocycles. The molecule has 0 amide bonds. The summed E-state index contributed by atoms with van der Waals surface area (Å²) in [7, 11) is 2.17. The molecule has 5 heteroatoms. The maximum Gasteiger partial charge on any atom is 0.0897 e. The summed E-state index contributed by atoms with van der Waals surface area (Å²) in [5.74, 6) is 0. The molecule has 0 bridgehead atoms. The zero-order valence-electron chi connectivity index (χ0n) is 12.3. The summed E-state index contributed by atoms with van der Waals surface area (Å²) in [6.07, 6.45) is 5.99. The van der Waals surface area contributed by atoms with Crippen molar-refractivity contribution in [3.05, 3.63) is 33.0 Å². The SMILES string of the molecule is Cc1nc(CCN(C)Cc2n[nH]c3c2CCCC3)cs1. The van der Waals surface area contributed by atoms with Gasteiger partial charge in [0.25, 0.3) is 0 Å². The summed E-state index contributed by atoms with van der Waals surface area (Å²) in [5, 5.41) is 11.1. The zero-order valence-corrected chi connectivity index (χ0v) is 13.1. The van der Waals surface area contributed by atoms with Gasteiger partial charge in [0.15, 0.2) is 0 Å². The highest BCUT2D eigenvalue weighted by Gasteiger charge is 2.17. The molecule has 0 spiro atoms. The number of nitrogens with one attached hydrogen (secondary N) is 1. The minimum atomic E-state index is 0.939. The van der Waals surface area contributed by atoms with Crippen LogP contribution in [0.25, 0.3) is 0 Å². The standard InChI is InChI=1S/C15H22N4S/c1-11-16-12(10-20-11)7-8-19(2)9-15-13-5-3-4-6-14(13)17-18-15/h10H,3-9H2,1-2H3,(H,17,18). The first kappa shape index (κ1) is 13.8. The minimum absolute atomic E-state index is 0.939. The number of aromatic nitrogens is 3. The first-order chi connectivity index (χ1) is 9.72. The summed E-state index contributed by atoms with van der Waals surface area (Å²) in [5.41, 5.74) is 5.31. The Morgan fingerprint density at radius 2 is 2.20 bits per heavy atom. The minimum Gasteiger partial charge on any atom is -0.300 e. The van der Waals surface area contributed by atoms with Gasteiger partial charge in [-0.3, -0.25) is 5.10 Å². The third-order valence-corrected chi connectivity index (χ3v) is 4.80. The Kier molecular flexibility index (Phi) is 4.17. The van der Waals surface area contributed by atoms with E-state index in [1.807, 2.05) is 0 Å². The van der Waals surface area contributed by atoms with Crippen molar-refractivity contribution in [2.24, 2.45) is 0 Å². The number of thiazole rings is 1. The van der Waals surface area contributed by atoms with Gasteiger partial charge in [-0.15, -0.1) is 11.3 Å². The number of nitrogens with zero attached hydrogens (tertiary/aromatic N) is 3. The van der Waals surface area contributed by atoms with Crippen molar-refractivity contribution < 1.29 is 0 Å². The molecule has 1 N–H and O–H groups in total. The number of hydrogen-bond donors (Lipinski definition) is 1. The fourth-order valence-corrected chi connectivity index (χ4v) is 3.49. The lowest BCUT2D eigenvalue weighted by atomic mass is 9.96. The van der Waals surface area contributed by atoms with Crippen LogP contribution in [-0.4, -0.2) is 33.7 Å². The second-order valence-corrected chi connectivity index (χ2v) is 6.74.